The average molecular weight is 477 g/mol. The van der Waals surface area contributed by atoms with Gasteiger partial charge in [-0.05, 0) is 68.9 Å². The number of fused-ring (bicyclic) bond motifs is 1. The van der Waals surface area contributed by atoms with Crippen molar-refractivity contribution in [2.45, 2.75) is 70.3 Å². The minimum atomic E-state index is -3.70. The van der Waals surface area contributed by atoms with Gasteiger partial charge in [0.05, 0.1) is 29.4 Å². The van der Waals surface area contributed by atoms with Gasteiger partial charge < -0.3 is 29.9 Å². The first-order valence-corrected chi connectivity index (χ1v) is 11.5. The van der Waals surface area contributed by atoms with E-state index in [0.717, 1.165) is 30.6 Å². The molecule has 184 valence electrons. The normalized spacial score (nSPS) is 19.8. The molecule has 0 aromatic heterocycles. The number of halogens is 2. The Morgan fingerprint density at radius 1 is 1.24 bits per heavy atom. The predicted molar refractivity (Wildman–Crippen MR) is 124 cm³/mol. The summed E-state index contributed by atoms with van der Waals surface area (Å²) >= 11 is 0. The molecule has 1 fully saturated rings. The van der Waals surface area contributed by atoms with E-state index < -0.39 is 17.9 Å². The molecule has 0 saturated carbocycles. The molecule has 2 atom stereocenters. The van der Waals surface area contributed by atoms with E-state index in [1.807, 2.05) is 25.1 Å². The Morgan fingerprint density at radius 2 is 1.97 bits per heavy atom. The van der Waals surface area contributed by atoms with Gasteiger partial charge in [-0.1, -0.05) is 13.0 Å². The molecule has 3 N–H and O–H groups in total. The zero-order chi connectivity index (χ0) is 24.7. The third kappa shape index (κ3) is 5.04. The van der Waals surface area contributed by atoms with E-state index in [-0.39, 0.29) is 29.9 Å². The van der Waals surface area contributed by atoms with E-state index >= 15 is 0 Å². The van der Waals surface area contributed by atoms with Crippen LogP contribution in [0.4, 0.5) is 25.8 Å². The van der Waals surface area contributed by atoms with Gasteiger partial charge in [-0.25, -0.2) is 0 Å². The number of hydrogen-bond donors (Lipinski definition) is 3. The summed E-state index contributed by atoms with van der Waals surface area (Å²) in [6.45, 7) is 6.27. The van der Waals surface area contributed by atoms with Crippen LogP contribution in [0.15, 0.2) is 36.4 Å². The van der Waals surface area contributed by atoms with Crippen LogP contribution < -0.4 is 19.7 Å². The number of hydrogen-bond acceptors (Lipinski definition) is 6. The van der Waals surface area contributed by atoms with Gasteiger partial charge in [0.1, 0.15) is 0 Å². The molecule has 2 unspecified atom stereocenters. The van der Waals surface area contributed by atoms with Crippen LogP contribution in [0.2, 0.25) is 0 Å². The number of carboxylic acid groups (broad SMARTS) is 1. The number of nitrogens with one attached hydrogen (secondary N) is 1. The van der Waals surface area contributed by atoms with E-state index in [1.165, 1.54) is 12.1 Å². The molecule has 0 aliphatic carbocycles. The van der Waals surface area contributed by atoms with E-state index in [2.05, 4.69) is 19.7 Å². The molecule has 2 aromatic carbocycles. The number of rotatable bonds is 8. The first kappa shape index (κ1) is 24.1. The van der Waals surface area contributed by atoms with Crippen molar-refractivity contribution in [2.75, 3.05) is 16.8 Å². The molecule has 9 heteroatoms. The minimum Gasteiger partial charge on any atom is -0.481 e. The van der Waals surface area contributed by atoms with E-state index in [0.29, 0.717) is 17.8 Å². The molecule has 1 saturated heterocycles. The first-order valence-electron chi connectivity index (χ1n) is 11.5. The van der Waals surface area contributed by atoms with Crippen molar-refractivity contribution in [3.8, 4) is 11.5 Å². The highest BCUT2D eigenvalue weighted by Gasteiger charge is 2.43. The second-order valence-corrected chi connectivity index (χ2v) is 9.44. The molecule has 0 spiro atoms. The smallest absolute Gasteiger partial charge is 0.481 e. The number of alkyl halides is 2. The Kier molecular flexibility index (Phi) is 6.33. The number of benzene rings is 2. The Balaban J connectivity index is 1.72. The Bertz CT molecular complexity index is 1070. The summed E-state index contributed by atoms with van der Waals surface area (Å²) in [6, 6.07) is 10.1. The highest BCUT2D eigenvalue weighted by molar-refractivity contribution is 5.78. The van der Waals surface area contributed by atoms with E-state index in [1.54, 1.807) is 19.9 Å². The van der Waals surface area contributed by atoms with Crippen LogP contribution in [0.5, 0.6) is 11.5 Å². The fourth-order valence-corrected chi connectivity index (χ4v) is 4.84. The Labute approximate surface area is 197 Å². The highest BCUT2D eigenvalue weighted by atomic mass is 19.3. The SMILES string of the molecule is CCC(CC(=O)O)c1ccc(N2CCCC2C(C)(C)O)c(Nc2ccc3c(c2)OC(F)(F)O3)c1. The highest BCUT2D eigenvalue weighted by Crippen LogP contribution is 2.44. The lowest BCUT2D eigenvalue weighted by atomic mass is 9.91. The summed E-state index contributed by atoms with van der Waals surface area (Å²) in [5.41, 5.74) is 2.00. The zero-order valence-electron chi connectivity index (χ0n) is 19.5. The molecule has 0 amide bonds. The van der Waals surface area contributed by atoms with E-state index in [4.69, 9.17) is 0 Å². The third-order valence-corrected chi connectivity index (χ3v) is 6.46. The number of ether oxygens (including phenoxy) is 2. The first-order chi connectivity index (χ1) is 16.0. The largest absolute Gasteiger partial charge is 0.586 e. The zero-order valence-corrected chi connectivity index (χ0v) is 19.5. The molecule has 2 aliphatic rings. The quantitative estimate of drug-likeness (QED) is 0.466. The van der Waals surface area contributed by atoms with Crippen LogP contribution in [0.25, 0.3) is 0 Å². The summed E-state index contributed by atoms with van der Waals surface area (Å²) in [5, 5.41) is 23.4. The van der Waals surface area contributed by atoms with Crippen LogP contribution >= 0.6 is 0 Å². The fourth-order valence-electron chi connectivity index (χ4n) is 4.84. The standard InChI is InChI=1S/C25H30F2N2O5/c1-4-15(13-23(30)31)16-7-9-19(29-11-5-6-22(29)24(2,3)32)18(12-16)28-17-8-10-20-21(14-17)34-25(26,27)33-20/h7-10,12,14-15,22,28,32H,4-6,11,13H2,1-3H3,(H,30,31). The number of carboxylic acids is 1. The molecule has 2 aliphatic heterocycles. The van der Waals surface area contributed by atoms with Gasteiger partial charge in [-0.3, -0.25) is 4.79 Å². The Morgan fingerprint density at radius 3 is 2.65 bits per heavy atom. The monoisotopic (exact) mass is 476 g/mol. The second-order valence-electron chi connectivity index (χ2n) is 9.44. The Hall–Kier alpha value is -3.07. The van der Waals surface area contributed by atoms with Crippen LogP contribution in [-0.2, 0) is 4.79 Å². The second kappa shape index (κ2) is 8.94. The number of anilines is 3. The van der Waals surface area contributed by atoms with Gasteiger partial charge in [0.15, 0.2) is 11.5 Å². The van der Waals surface area contributed by atoms with Crippen molar-refractivity contribution in [1.29, 1.82) is 0 Å². The molecule has 2 heterocycles. The van der Waals surface area contributed by atoms with Crippen molar-refractivity contribution in [3.63, 3.8) is 0 Å². The molecule has 0 bridgehead atoms. The lowest BCUT2D eigenvalue weighted by Crippen LogP contribution is -2.46. The summed E-state index contributed by atoms with van der Waals surface area (Å²) in [4.78, 5) is 13.5. The predicted octanol–water partition coefficient (Wildman–Crippen LogP) is 5.46. The van der Waals surface area contributed by atoms with Crippen molar-refractivity contribution in [3.05, 3.63) is 42.0 Å². The number of aliphatic hydroxyl groups is 1. The van der Waals surface area contributed by atoms with Gasteiger partial charge in [-0.15, -0.1) is 8.78 Å². The fraction of sp³-hybridized carbons (Fsp3) is 0.480. The van der Waals surface area contributed by atoms with Crippen molar-refractivity contribution >= 4 is 23.0 Å². The maximum Gasteiger partial charge on any atom is 0.586 e. The lowest BCUT2D eigenvalue weighted by molar-refractivity contribution is -0.286. The maximum atomic E-state index is 13.5. The molecular formula is C25H30F2N2O5. The van der Waals surface area contributed by atoms with Gasteiger partial charge in [0.2, 0.25) is 0 Å². The lowest BCUT2D eigenvalue weighted by Gasteiger charge is -2.36. The number of nitrogens with zero attached hydrogens (tertiary/aromatic N) is 1. The van der Waals surface area contributed by atoms with E-state index in [9.17, 15) is 23.8 Å². The topological polar surface area (TPSA) is 91.3 Å². The molecule has 34 heavy (non-hydrogen) atoms. The van der Waals surface area contributed by atoms with Gasteiger partial charge in [0.25, 0.3) is 0 Å². The van der Waals surface area contributed by atoms with Gasteiger partial charge in [-0.2, -0.15) is 0 Å². The summed E-state index contributed by atoms with van der Waals surface area (Å²) in [6.07, 6.45) is -1.29. The van der Waals surface area contributed by atoms with Gasteiger partial charge >= 0.3 is 12.3 Å². The molecular weight excluding hydrogens is 446 g/mol. The van der Waals surface area contributed by atoms with Crippen LogP contribution in [0.3, 0.4) is 0 Å². The average Bonchev–Trinajstić information content (AvgIpc) is 3.34. The molecule has 4 rings (SSSR count). The van der Waals surface area contributed by atoms with Crippen LogP contribution in [0, 0.1) is 0 Å². The molecule has 2 aromatic rings. The number of aliphatic carboxylic acids is 1. The van der Waals surface area contributed by atoms with Crippen LogP contribution in [0.1, 0.15) is 57.9 Å². The minimum absolute atomic E-state index is 0.00437. The van der Waals surface area contributed by atoms with Crippen molar-refractivity contribution in [2.24, 2.45) is 0 Å². The molecule has 0 radical (unpaired) electrons. The van der Waals surface area contributed by atoms with Crippen molar-refractivity contribution < 1.29 is 33.3 Å². The van der Waals surface area contributed by atoms with Crippen molar-refractivity contribution in [1.82, 2.24) is 0 Å². The third-order valence-electron chi connectivity index (χ3n) is 6.46. The summed E-state index contributed by atoms with van der Waals surface area (Å²) in [5.74, 6) is -1.16. The number of carbonyl (C=O) groups is 1. The van der Waals surface area contributed by atoms with Crippen LogP contribution in [-0.4, -0.2) is 40.7 Å². The van der Waals surface area contributed by atoms with Gasteiger partial charge in [0, 0.05) is 18.3 Å². The summed E-state index contributed by atoms with van der Waals surface area (Å²) in [7, 11) is 0. The maximum absolute atomic E-state index is 13.5. The molecule has 7 nitrogen and oxygen atoms in total. The summed E-state index contributed by atoms with van der Waals surface area (Å²) < 4.78 is 36.0.